The van der Waals surface area contributed by atoms with E-state index in [0.717, 1.165) is 18.9 Å². The van der Waals surface area contributed by atoms with E-state index in [1.165, 1.54) is 12.0 Å². The van der Waals surface area contributed by atoms with Crippen LogP contribution in [0.5, 0.6) is 0 Å². The molecule has 0 aromatic rings. The summed E-state index contributed by atoms with van der Waals surface area (Å²) in [6, 6.07) is 0.570. The Bertz CT molecular complexity index is 111. The van der Waals surface area contributed by atoms with Crippen molar-refractivity contribution in [3.05, 3.63) is 12.2 Å². The fourth-order valence-corrected chi connectivity index (χ4v) is 0.930. The Hall–Kier alpha value is -0.300. The van der Waals surface area contributed by atoms with Crippen LogP contribution < -0.4 is 5.32 Å². The molecule has 0 spiro atoms. The highest BCUT2D eigenvalue weighted by atomic mass is 14.9. The first-order valence-electron chi connectivity index (χ1n) is 4.92. The molecular weight excluding hydrogens is 146 g/mol. The maximum Gasteiger partial charge on any atom is 0.0164 e. The summed E-state index contributed by atoms with van der Waals surface area (Å²) < 4.78 is 0. The van der Waals surface area contributed by atoms with E-state index >= 15 is 0 Å². The molecule has 0 bridgehead atoms. The summed E-state index contributed by atoms with van der Waals surface area (Å²) in [5.41, 5.74) is 1.33. The second-order valence-corrected chi connectivity index (χ2v) is 4.22. The summed E-state index contributed by atoms with van der Waals surface area (Å²) in [6.07, 6.45) is 2.43. The molecule has 0 fully saturated rings. The van der Waals surface area contributed by atoms with Gasteiger partial charge < -0.3 is 5.32 Å². The van der Waals surface area contributed by atoms with Crippen LogP contribution in [0.1, 0.15) is 40.5 Å². The highest BCUT2D eigenvalue weighted by Crippen LogP contribution is 2.08. The van der Waals surface area contributed by atoms with Crippen molar-refractivity contribution in [2.45, 2.75) is 46.6 Å². The van der Waals surface area contributed by atoms with E-state index in [0.29, 0.717) is 6.04 Å². The SMILES string of the molecule is C=C(CCC(C)C)CNC(C)C. The average Bonchev–Trinajstić information content (AvgIpc) is 1.96. The van der Waals surface area contributed by atoms with Gasteiger partial charge in [-0.2, -0.15) is 0 Å². The highest BCUT2D eigenvalue weighted by molar-refractivity contribution is 4.96. The van der Waals surface area contributed by atoms with Crippen molar-refractivity contribution >= 4 is 0 Å². The maximum atomic E-state index is 4.04. The molecule has 0 aromatic carbocycles. The van der Waals surface area contributed by atoms with Gasteiger partial charge in [0.2, 0.25) is 0 Å². The lowest BCUT2D eigenvalue weighted by molar-refractivity contribution is 0.560. The van der Waals surface area contributed by atoms with Crippen molar-refractivity contribution in [1.82, 2.24) is 5.32 Å². The third kappa shape index (κ3) is 7.80. The Labute approximate surface area is 77.2 Å². The van der Waals surface area contributed by atoms with Crippen molar-refractivity contribution in [1.29, 1.82) is 0 Å². The smallest absolute Gasteiger partial charge is 0.0164 e. The predicted octanol–water partition coefficient (Wildman–Crippen LogP) is 2.98. The van der Waals surface area contributed by atoms with Crippen LogP contribution in [0, 0.1) is 5.92 Å². The van der Waals surface area contributed by atoms with E-state index < -0.39 is 0 Å². The third-order valence-electron chi connectivity index (χ3n) is 1.84. The zero-order valence-electron chi connectivity index (χ0n) is 8.98. The van der Waals surface area contributed by atoms with Gasteiger partial charge in [-0.05, 0) is 18.8 Å². The quantitative estimate of drug-likeness (QED) is 0.603. The minimum atomic E-state index is 0.570. The van der Waals surface area contributed by atoms with Gasteiger partial charge in [-0.25, -0.2) is 0 Å². The molecule has 1 heteroatoms. The van der Waals surface area contributed by atoms with E-state index in [4.69, 9.17) is 0 Å². The van der Waals surface area contributed by atoms with Crippen LogP contribution in [-0.4, -0.2) is 12.6 Å². The number of nitrogens with one attached hydrogen (secondary N) is 1. The molecule has 0 aliphatic carbocycles. The van der Waals surface area contributed by atoms with Crippen LogP contribution in [0.2, 0.25) is 0 Å². The van der Waals surface area contributed by atoms with Gasteiger partial charge >= 0.3 is 0 Å². The topological polar surface area (TPSA) is 12.0 Å². The van der Waals surface area contributed by atoms with Crippen molar-refractivity contribution in [3.8, 4) is 0 Å². The van der Waals surface area contributed by atoms with Gasteiger partial charge in [0.05, 0.1) is 0 Å². The van der Waals surface area contributed by atoms with Crippen molar-refractivity contribution in [3.63, 3.8) is 0 Å². The van der Waals surface area contributed by atoms with Crippen LogP contribution in [-0.2, 0) is 0 Å². The third-order valence-corrected chi connectivity index (χ3v) is 1.84. The van der Waals surface area contributed by atoms with Crippen LogP contribution >= 0.6 is 0 Å². The molecule has 0 rings (SSSR count). The standard InChI is InChI=1S/C11H23N/c1-9(2)6-7-11(5)8-12-10(3)4/h9-10,12H,5-8H2,1-4H3. The first-order valence-corrected chi connectivity index (χ1v) is 4.92. The lowest BCUT2D eigenvalue weighted by atomic mass is 10.0. The molecule has 0 saturated heterocycles. The molecule has 0 aliphatic rings. The Morgan fingerprint density at radius 1 is 1.25 bits per heavy atom. The molecule has 0 unspecified atom stereocenters. The normalized spacial score (nSPS) is 11.2. The monoisotopic (exact) mass is 169 g/mol. The first-order chi connectivity index (χ1) is 5.52. The van der Waals surface area contributed by atoms with E-state index in [-0.39, 0.29) is 0 Å². The molecule has 72 valence electrons. The lowest BCUT2D eigenvalue weighted by Gasteiger charge is -2.11. The number of hydrogen-bond acceptors (Lipinski definition) is 1. The van der Waals surface area contributed by atoms with Crippen LogP contribution in [0.4, 0.5) is 0 Å². The molecule has 0 amide bonds. The first kappa shape index (κ1) is 11.7. The van der Waals surface area contributed by atoms with E-state index in [1.807, 2.05) is 0 Å². The highest BCUT2D eigenvalue weighted by Gasteiger charge is 1.98. The Kier molecular flexibility index (Phi) is 6.09. The van der Waals surface area contributed by atoms with Crippen molar-refractivity contribution in [2.24, 2.45) is 5.92 Å². The van der Waals surface area contributed by atoms with Gasteiger partial charge in [0, 0.05) is 12.6 Å². The zero-order valence-corrected chi connectivity index (χ0v) is 8.98. The van der Waals surface area contributed by atoms with Crippen LogP contribution in [0.25, 0.3) is 0 Å². The molecule has 0 heterocycles. The van der Waals surface area contributed by atoms with E-state index in [1.54, 1.807) is 0 Å². The molecule has 0 aliphatic heterocycles. The molecule has 0 aromatic heterocycles. The van der Waals surface area contributed by atoms with E-state index in [9.17, 15) is 0 Å². The van der Waals surface area contributed by atoms with Gasteiger partial charge in [0.1, 0.15) is 0 Å². The molecular formula is C11H23N. The molecule has 0 atom stereocenters. The number of hydrogen-bond donors (Lipinski definition) is 1. The minimum Gasteiger partial charge on any atom is -0.311 e. The lowest BCUT2D eigenvalue weighted by Crippen LogP contribution is -2.24. The van der Waals surface area contributed by atoms with Gasteiger partial charge in [-0.1, -0.05) is 39.8 Å². The summed E-state index contributed by atoms with van der Waals surface area (Å²) in [4.78, 5) is 0. The van der Waals surface area contributed by atoms with E-state index in [2.05, 4.69) is 39.6 Å². The molecule has 0 saturated carbocycles. The fourth-order valence-electron chi connectivity index (χ4n) is 0.930. The van der Waals surface area contributed by atoms with Gasteiger partial charge in [-0.3, -0.25) is 0 Å². The molecule has 1 nitrogen and oxygen atoms in total. The Balaban J connectivity index is 3.34. The van der Waals surface area contributed by atoms with Crippen LogP contribution in [0.15, 0.2) is 12.2 Å². The van der Waals surface area contributed by atoms with Crippen molar-refractivity contribution < 1.29 is 0 Å². The summed E-state index contributed by atoms with van der Waals surface area (Å²) in [7, 11) is 0. The predicted molar refractivity (Wildman–Crippen MR) is 56.4 cm³/mol. The minimum absolute atomic E-state index is 0.570. The van der Waals surface area contributed by atoms with Gasteiger partial charge in [0.25, 0.3) is 0 Å². The molecule has 0 radical (unpaired) electrons. The fraction of sp³-hybridized carbons (Fsp3) is 0.818. The maximum absolute atomic E-state index is 4.04. The summed E-state index contributed by atoms with van der Waals surface area (Å²) in [6.45, 7) is 13.8. The summed E-state index contributed by atoms with van der Waals surface area (Å²) in [5.74, 6) is 0.792. The Morgan fingerprint density at radius 2 is 1.83 bits per heavy atom. The Morgan fingerprint density at radius 3 is 2.25 bits per heavy atom. The summed E-state index contributed by atoms with van der Waals surface area (Å²) >= 11 is 0. The second kappa shape index (κ2) is 6.24. The van der Waals surface area contributed by atoms with Crippen molar-refractivity contribution in [2.75, 3.05) is 6.54 Å². The number of rotatable bonds is 6. The summed E-state index contributed by atoms with van der Waals surface area (Å²) in [5, 5.41) is 3.37. The average molecular weight is 169 g/mol. The molecule has 12 heavy (non-hydrogen) atoms. The van der Waals surface area contributed by atoms with Gasteiger partial charge in [-0.15, -0.1) is 0 Å². The zero-order chi connectivity index (χ0) is 9.56. The largest absolute Gasteiger partial charge is 0.311 e. The van der Waals surface area contributed by atoms with Crippen LogP contribution in [0.3, 0.4) is 0 Å². The molecule has 1 N–H and O–H groups in total. The second-order valence-electron chi connectivity index (χ2n) is 4.22. The van der Waals surface area contributed by atoms with Gasteiger partial charge in [0.15, 0.2) is 0 Å².